The minimum atomic E-state index is -0.875. The van der Waals surface area contributed by atoms with E-state index in [1.165, 1.54) is 11.3 Å². The van der Waals surface area contributed by atoms with Gasteiger partial charge in [-0.1, -0.05) is 18.0 Å². The van der Waals surface area contributed by atoms with Gasteiger partial charge in [0.05, 0.1) is 5.02 Å². The second-order valence-electron chi connectivity index (χ2n) is 5.74. The molecule has 1 aromatic heterocycles. The van der Waals surface area contributed by atoms with Gasteiger partial charge in [0.1, 0.15) is 10.4 Å². The summed E-state index contributed by atoms with van der Waals surface area (Å²) in [7, 11) is 0. The van der Waals surface area contributed by atoms with Gasteiger partial charge in [0.25, 0.3) is 11.8 Å². The Kier molecular flexibility index (Phi) is 3.86. The van der Waals surface area contributed by atoms with Crippen molar-refractivity contribution >= 4 is 40.8 Å². The number of halogens is 1. The average Bonchev–Trinajstić information content (AvgIpc) is 3.10. The summed E-state index contributed by atoms with van der Waals surface area (Å²) in [6.07, 6.45) is 2.22. The Bertz CT molecular complexity index is 660. The van der Waals surface area contributed by atoms with Crippen molar-refractivity contribution in [1.82, 2.24) is 16.0 Å². The normalized spacial score (nSPS) is 27.1. The number of aryl methyl sites for hydroxylation is 1. The summed E-state index contributed by atoms with van der Waals surface area (Å²) < 4.78 is 0. The molecular formula is C14H16ClN3O3S. The van der Waals surface area contributed by atoms with Gasteiger partial charge in [-0.25, -0.2) is 4.79 Å². The SMILES string of the molecule is Cc1csc(C(=O)NCC2CCCC23NC(=O)NC3=O)c1Cl. The summed E-state index contributed by atoms with van der Waals surface area (Å²) >= 11 is 7.39. The van der Waals surface area contributed by atoms with Gasteiger partial charge in [0.15, 0.2) is 0 Å². The first-order valence-electron chi connectivity index (χ1n) is 7.09. The first-order chi connectivity index (χ1) is 10.4. The summed E-state index contributed by atoms with van der Waals surface area (Å²) in [6.45, 7) is 2.18. The molecule has 22 heavy (non-hydrogen) atoms. The predicted octanol–water partition coefficient (Wildman–Crippen LogP) is 1.82. The summed E-state index contributed by atoms with van der Waals surface area (Å²) in [5.41, 5.74) is -0.00363. The van der Waals surface area contributed by atoms with E-state index in [4.69, 9.17) is 11.6 Å². The van der Waals surface area contributed by atoms with Crippen LogP contribution in [-0.4, -0.2) is 29.9 Å². The van der Waals surface area contributed by atoms with Crippen molar-refractivity contribution in [2.24, 2.45) is 5.92 Å². The van der Waals surface area contributed by atoms with E-state index in [2.05, 4.69) is 16.0 Å². The number of carbonyl (C=O) groups excluding carboxylic acids is 3. The highest BCUT2D eigenvalue weighted by molar-refractivity contribution is 7.13. The molecule has 2 atom stereocenters. The molecule has 2 aliphatic rings. The highest BCUT2D eigenvalue weighted by atomic mass is 35.5. The number of urea groups is 1. The lowest BCUT2D eigenvalue weighted by Crippen LogP contribution is -2.53. The van der Waals surface area contributed by atoms with Gasteiger partial charge >= 0.3 is 6.03 Å². The van der Waals surface area contributed by atoms with Gasteiger partial charge in [-0.15, -0.1) is 11.3 Å². The number of rotatable bonds is 3. The summed E-state index contributed by atoms with van der Waals surface area (Å²) in [5, 5.41) is 10.2. The summed E-state index contributed by atoms with van der Waals surface area (Å²) in [4.78, 5) is 36.2. The Labute approximate surface area is 136 Å². The van der Waals surface area contributed by atoms with Gasteiger partial charge in [0, 0.05) is 12.5 Å². The van der Waals surface area contributed by atoms with E-state index in [0.717, 1.165) is 18.4 Å². The van der Waals surface area contributed by atoms with Crippen LogP contribution in [-0.2, 0) is 4.79 Å². The van der Waals surface area contributed by atoms with E-state index in [9.17, 15) is 14.4 Å². The molecule has 1 saturated heterocycles. The number of amides is 4. The molecule has 2 heterocycles. The van der Waals surface area contributed by atoms with Crippen LogP contribution in [0, 0.1) is 12.8 Å². The van der Waals surface area contributed by atoms with Crippen LogP contribution in [0.3, 0.4) is 0 Å². The van der Waals surface area contributed by atoms with Gasteiger partial charge in [0.2, 0.25) is 0 Å². The number of hydrogen-bond acceptors (Lipinski definition) is 4. The van der Waals surface area contributed by atoms with Crippen molar-refractivity contribution in [3.63, 3.8) is 0 Å². The zero-order valence-electron chi connectivity index (χ0n) is 12.0. The molecule has 1 aliphatic carbocycles. The lowest BCUT2D eigenvalue weighted by Gasteiger charge is -2.28. The molecule has 1 aliphatic heterocycles. The minimum absolute atomic E-state index is 0.109. The number of carbonyl (C=O) groups is 3. The van der Waals surface area contributed by atoms with Crippen LogP contribution in [0.4, 0.5) is 4.79 Å². The van der Waals surface area contributed by atoms with Crippen LogP contribution in [0.2, 0.25) is 5.02 Å². The molecule has 6 nitrogen and oxygen atoms in total. The van der Waals surface area contributed by atoms with Crippen molar-refractivity contribution in [3.8, 4) is 0 Å². The highest BCUT2D eigenvalue weighted by Gasteiger charge is 2.54. The molecule has 8 heteroatoms. The zero-order chi connectivity index (χ0) is 15.9. The van der Waals surface area contributed by atoms with Crippen LogP contribution < -0.4 is 16.0 Å². The van der Waals surface area contributed by atoms with E-state index >= 15 is 0 Å². The molecular weight excluding hydrogens is 326 g/mol. The molecule has 3 rings (SSSR count). The van der Waals surface area contributed by atoms with E-state index in [0.29, 0.717) is 22.9 Å². The van der Waals surface area contributed by atoms with Gasteiger partial charge in [-0.2, -0.15) is 0 Å². The molecule has 0 bridgehead atoms. The Morgan fingerprint density at radius 1 is 1.55 bits per heavy atom. The lowest BCUT2D eigenvalue weighted by molar-refractivity contribution is -0.125. The number of nitrogens with one attached hydrogen (secondary N) is 3. The number of imide groups is 1. The van der Waals surface area contributed by atoms with Crippen molar-refractivity contribution in [1.29, 1.82) is 0 Å². The summed E-state index contributed by atoms with van der Waals surface area (Å²) in [6, 6.07) is -0.458. The first-order valence-corrected chi connectivity index (χ1v) is 8.35. The van der Waals surface area contributed by atoms with E-state index < -0.39 is 11.6 Å². The molecule has 1 spiro atoms. The van der Waals surface area contributed by atoms with Crippen LogP contribution in [0.15, 0.2) is 5.38 Å². The van der Waals surface area contributed by atoms with E-state index in [1.807, 2.05) is 12.3 Å². The second-order valence-corrected chi connectivity index (χ2v) is 7.00. The largest absolute Gasteiger partial charge is 0.351 e. The maximum absolute atomic E-state index is 12.2. The van der Waals surface area contributed by atoms with E-state index in [1.54, 1.807) is 0 Å². The zero-order valence-corrected chi connectivity index (χ0v) is 13.6. The first kappa shape index (κ1) is 15.3. The number of thiophene rings is 1. The maximum Gasteiger partial charge on any atom is 0.322 e. The molecule has 3 N–H and O–H groups in total. The molecule has 118 valence electrons. The topological polar surface area (TPSA) is 87.3 Å². The minimum Gasteiger partial charge on any atom is -0.351 e. The Hall–Kier alpha value is -1.60. The number of hydrogen-bond donors (Lipinski definition) is 3. The second kappa shape index (κ2) is 5.55. The molecule has 2 unspecified atom stereocenters. The third-order valence-electron chi connectivity index (χ3n) is 4.40. The van der Waals surface area contributed by atoms with Crippen molar-refractivity contribution in [3.05, 3.63) is 20.8 Å². The van der Waals surface area contributed by atoms with Crippen molar-refractivity contribution < 1.29 is 14.4 Å². The van der Waals surface area contributed by atoms with Crippen LogP contribution in [0.5, 0.6) is 0 Å². The van der Waals surface area contributed by atoms with Crippen LogP contribution >= 0.6 is 22.9 Å². The molecule has 2 fully saturated rings. The highest BCUT2D eigenvalue weighted by Crippen LogP contribution is 2.37. The molecule has 4 amide bonds. The van der Waals surface area contributed by atoms with Crippen LogP contribution in [0.25, 0.3) is 0 Å². The maximum atomic E-state index is 12.2. The average molecular weight is 342 g/mol. The fourth-order valence-corrected chi connectivity index (χ4v) is 4.40. The standard InChI is InChI=1S/C14H16ClN3O3S/c1-7-6-22-10(9(7)15)11(19)16-5-8-3-2-4-14(8)12(20)17-13(21)18-14/h6,8H,2-5H2,1H3,(H,16,19)(H2,17,18,20,21). The fourth-order valence-electron chi connectivity index (χ4n) is 3.20. The van der Waals surface area contributed by atoms with E-state index in [-0.39, 0.29) is 17.7 Å². The smallest absolute Gasteiger partial charge is 0.322 e. The lowest BCUT2D eigenvalue weighted by atomic mass is 9.87. The monoisotopic (exact) mass is 341 g/mol. The van der Waals surface area contributed by atoms with Gasteiger partial charge < -0.3 is 10.6 Å². The van der Waals surface area contributed by atoms with Gasteiger partial charge in [-0.3, -0.25) is 14.9 Å². The Balaban J connectivity index is 1.68. The molecule has 1 saturated carbocycles. The predicted molar refractivity (Wildman–Crippen MR) is 83.1 cm³/mol. The quantitative estimate of drug-likeness (QED) is 0.733. The third kappa shape index (κ3) is 2.38. The fraction of sp³-hybridized carbons (Fsp3) is 0.500. The molecule has 1 aromatic rings. The van der Waals surface area contributed by atoms with Crippen molar-refractivity contribution in [2.75, 3.05) is 6.54 Å². The Morgan fingerprint density at radius 3 is 2.91 bits per heavy atom. The van der Waals surface area contributed by atoms with Crippen molar-refractivity contribution in [2.45, 2.75) is 31.7 Å². The Morgan fingerprint density at radius 2 is 2.32 bits per heavy atom. The third-order valence-corrected chi connectivity index (χ3v) is 6.10. The summed E-state index contributed by atoms with van der Waals surface area (Å²) in [5.74, 6) is -0.642. The van der Waals surface area contributed by atoms with Crippen LogP contribution in [0.1, 0.15) is 34.5 Å². The molecule has 0 aromatic carbocycles. The molecule has 0 radical (unpaired) electrons. The van der Waals surface area contributed by atoms with Gasteiger partial charge in [-0.05, 0) is 30.7 Å².